The third-order valence-corrected chi connectivity index (χ3v) is 5.56. The second-order valence-electron chi connectivity index (χ2n) is 6.88. The number of nitrogens with zero attached hydrogens (tertiary/aromatic N) is 2. The molecule has 0 aromatic heterocycles. The van der Waals surface area contributed by atoms with E-state index in [2.05, 4.69) is 22.0 Å². The Balaban J connectivity index is 0.00000161. The Labute approximate surface area is 135 Å². The van der Waals surface area contributed by atoms with Gasteiger partial charge in [0, 0.05) is 19.6 Å². The van der Waals surface area contributed by atoms with Crippen LogP contribution in [-0.4, -0.2) is 61.0 Å². The van der Waals surface area contributed by atoms with E-state index in [1.165, 1.54) is 38.6 Å². The van der Waals surface area contributed by atoms with E-state index in [1.54, 1.807) is 0 Å². The number of carbonyl (C=O) groups is 1. The monoisotopic (exact) mass is 315 g/mol. The van der Waals surface area contributed by atoms with Crippen LogP contribution in [-0.2, 0) is 4.79 Å². The Hall–Kier alpha value is -0.320. The number of fused-ring (bicyclic) bond motifs is 1. The Bertz CT molecular complexity index is 344. The number of rotatable bonds is 2. The van der Waals surface area contributed by atoms with Gasteiger partial charge in [-0.05, 0) is 57.7 Å². The van der Waals surface area contributed by atoms with Crippen molar-refractivity contribution in [2.75, 3.05) is 39.3 Å². The van der Waals surface area contributed by atoms with Gasteiger partial charge in [0.2, 0.25) is 5.91 Å². The van der Waals surface area contributed by atoms with Crippen LogP contribution in [0.1, 0.15) is 39.0 Å². The van der Waals surface area contributed by atoms with Gasteiger partial charge in [-0.1, -0.05) is 12.8 Å². The summed E-state index contributed by atoms with van der Waals surface area (Å²) >= 11 is 0. The predicted molar refractivity (Wildman–Crippen MR) is 87.8 cm³/mol. The Morgan fingerprint density at radius 2 is 1.71 bits per heavy atom. The molecule has 0 radical (unpaired) electrons. The smallest absolute Gasteiger partial charge is 0.239 e. The fourth-order valence-corrected chi connectivity index (χ4v) is 4.13. The van der Waals surface area contributed by atoms with E-state index in [0.717, 1.165) is 44.6 Å². The van der Waals surface area contributed by atoms with E-state index < -0.39 is 0 Å². The van der Waals surface area contributed by atoms with Gasteiger partial charge in [-0.2, -0.15) is 0 Å². The molecule has 3 saturated heterocycles. The van der Waals surface area contributed by atoms with Gasteiger partial charge >= 0.3 is 0 Å². The molecule has 0 aromatic carbocycles. The quantitative estimate of drug-likeness (QED) is 0.843. The van der Waals surface area contributed by atoms with E-state index in [0.29, 0.717) is 5.91 Å². The van der Waals surface area contributed by atoms with Gasteiger partial charge in [0.15, 0.2) is 0 Å². The normalized spacial score (nSPS) is 32.0. The van der Waals surface area contributed by atoms with Crippen molar-refractivity contribution in [3.63, 3.8) is 0 Å². The molecule has 122 valence electrons. The number of amides is 1. The molecule has 3 aliphatic heterocycles. The van der Waals surface area contributed by atoms with E-state index in [9.17, 15) is 4.79 Å². The average Bonchev–Trinajstić information content (AvgIpc) is 2.77. The van der Waals surface area contributed by atoms with Crippen molar-refractivity contribution in [1.29, 1.82) is 0 Å². The van der Waals surface area contributed by atoms with Crippen molar-refractivity contribution in [3.05, 3.63) is 0 Å². The molecule has 3 atom stereocenters. The summed E-state index contributed by atoms with van der Waals surface area (Å²) in [6.45, 7) is 8.62. The highest BCUT2D eigenvalue weighted by atomic mass is 35.5. The minimum Gasteiger partial charge on any atom is -0.341 e. The van der Waals surface area contributed by atoms with E-state index in [1.807, 2.05) is 0 Å². The third-order valence-electron chi connectivity index (χ3n) is 5.56. The van der Waals surface area contributed by atoms with Crippen LogP contribution in [0.3, 0.4) is 0 Å². The standard InChI is InChI=1S/C16H29N3O.ClH/c1-13(16(20)18-7-4-2-3-5-8-18)19-9-6-14-10-17-11-15(14)12-19;/h13-15,17H,2-12H2,1H3;1H. The van der Waals surface area contributed by atoms with Crippen LogP contribution in [0.2, 0.25) is 0 Å². The summed E-state index contributed by atoms with van der Waals surface area (Å²) in [7, 11) is 0. The number of nitrogens with one attached hydrogen (secondary N) is 1. The Morgan fingerprint density at radius 1 is 1.05 bits per heavy atom. The zero-order valence-corrected chi connectivity index (χ0v) is 14.0. The summed E-state index contributed by atoms with van der Waals surface area (Å²) in [4.78, 5) is 17.3. The first kappa shape index (κ1) is 17.0. The zero-order valence-electron chi connectivity index (χ0n) is 13.2. The van der Waals surface area contributed by atoms with Crippen molar-refractivity contribution in [1.82, 2.24) is 15.1 Å². The molecule has 21 heavy (non-hydrogen) atoms. The number of likely N-dealkylation sites (tertiary alicyclic amines) is 2. The van der Waals surface area contributed by atoms with Crippen LogP contribution in [0.15, 0.2) is 0 Å². The highest BCUT2D eigenvalue weighted by molar-refractivity contribution is 5.85. The first-order chi connectivity index (χ1) is 9.75. The molecule has 4 nitrogen and oxygen atoms in total. The molecule has 3 aliphatic rings. The molecule has 5 heteroatoms. The molecule has 1 amide bonds. The van der Waals surface area contributed by atoms with Crippen molar-refractivity contribution < 1.29 is 4.79 Å². The maximum atomic E-state index is 12.7. The van der Waals surface area contributed by atoms with Crippen LogP contribution in [0.5, 0.6) is 0 Å². The summed E-state index contributed by atoms with van der Waals surface area (Å²) in [6, 6.07) is 0.0784. The fraction of sp³-hybridized carbons (Fsp3) is 0.938. The predicted octanol–water partition coefficient (Wildman–Crippen LogP) is 1.74. The lowest BCUT2D eigenvalue weighted by molar-refractivity contribution is -0.137. The van der Waals surface area contributed by atoms with Gasteiger partial charge in [0.05, 0.1) is 6.04 Å². The minimum absolute atomic E-state index is 0. The summed E-state index contributed by atoms with van der Waals surface area (Å²) in [6.07, 6.45) is 6.21. The number of halogens is 1. The van der Waals surface area contributed by atoms with E-state index in [-0.39, 0.29) is 18.4 Å². The van der Waals surface area contributed by atoms with Crippen LogP contribution < -0.4 is 5.32 Å². The third kappa shape index (κ3) is 3.91. The van der Waals surface area contributed by atoms with Gasteiger partial charge in [-0.25, -0.2) is 0 Å². The molecule has 0 spiro atoms. The SMILES string of the molecule is CC(C(=O)N1CCCCCC1)N1CCC2CNCC2C1.Cl. The Morgan fingerprint density at radius 3 is 2.43 bits per heavy atom. The van der Waals surface area contributed by atoms with Gasteiger partial charge < -0.3 is 10.2 Å². The lowest BCUT2D eigenvalue weighted by Gasteiger charge is -2.39. The largest absolute Gasteiger partial charge is 0.341 e. The molecule has 1 N–H and O–H groups in total. The second kappa shape index (κ2) is 7.80. The molecule has 0 bridgehead atoms. The highest BCUT2D eigenvalue weighted by Crippen LogP contribution is 2.28. The van der Waals surface area contributed by atoms with Crippen LogP contribution >= 0.6 is 12.4 Å². The molecule has 0 aromatic rings. The average molecular weight is 316 g/mol. The van der Waals surface area contributed by atoms with Gasteiger partial charge in [0.25, 0.3) is 0 Å². The number of hydrogen-bond donors (Lipinski definition) is 1. The number of piperidine rings is 1. The molecule has 3 unspecified atom stereocenters. The summed E-state index contributed by atoms with van der Waals surface area (Å²) in [5, 5.41) is 3.50. The number of hydrogen-bond acceptors (Lipinski definition) is 3. The molecular formula is C16H30ClN3O. The van der Waals surface area contributed by atoms with Crippen LogP contribution in [0.25, 0.3) is 0 Å². The van der Waals surface area contributed by atoms with Crippen molar-refractivity contribution in [3.8, 4) is 0 Å². The van der Waals surface area contributed by atoms with Gasteiger partial charge in [0.1, 0.15) is 0 Å². The number of carbonyl (C=O) groups excluding carboxylic acids is 1. The minimum atomic E-state index is 0. The molecular weight excluding hydrogens is 286 g/mol. The summed E-state index contributed by atoms with van der Waals surface area (Å²) < 4.78 is 0. The Kier molecular flexibility index (Phi) is 6.33. The zero-order chi connectivity index (χ0) is 13.9. The first-order valence-corrected chi connectivity index (χ1v) is 8.49. The van der Waals surface area contributed by atoms with Crippen LogP contribution in [0.4, 0.5) is 0 Å². The van der Waals surface area contributed by atoms with Gasteiger partial charge in [-0.3, -0.25) is 9.69 Å². The maximum absolute atomic E-state index is 12.7. The summed E-state index contributed by atoms with van der Waals surface area (Å²) in [5.41, 5.74) is 0. The molecule has 0 saturated carbocycles. The first-order valence-electron chi connectivity index (χ1n) is 8.49. The summed E-state index contributed by atoms with van der Waals surface area (Å²) in [5.74, 6) is 1.99. The molecule has 3 fully saturated rings. The maximum Gasteiger partial charge on any atom is 0.239 e. The molecule has 3 rings (SSSR count). The topological polar surface area (TPSA) is 35.6 Å². The van der Waals surface area contributed by atoms with E-state index >= 15 is 0 Å². The van der Waals surface area contributed by atoms with E-state index in [4.69, 9.17) is 0 Å². The second-order valence-corrected chi connectivity index (χ2v) is 6.88. The highest BCUT2D eigenvalue weighted by Gasteiger charge is 2.36. The van der Waals surface area contributed by atoms with Crippen molar-refractivity contribution in [2.24, 2.45) is 11.8 Å². The van der Waals surface area contributed by atoms with Gasteiger partial charge in [-0.15, -0.1) is 12.4 Å². The fourth-order valence-electron chi connectivity index (χ4n) is 4.13. The molecule has 3 heterocycles. The van der Waals surface area contributed by atoms with Crippen LogP contribution in [0, 0.1) is 11.8 Å². The lowest BCUT2D eigenvalue weighted by Crippen LogP contribution is -2.52. The lowest BCUT2D eigenvalue weighted by atomic mass is 9.88. The van der Waals surface area contributed by atoms with Crippen molar-refractivity contribution >= 4 is 18.3 Å². The van der Waals surface area contributed by atoms with Crippen molar-refractivity contribution in [2.45, 2.75) is 45.1 Å². The molecule has 0 aliphatic carbocycles.